The highest BCUT2D eigenvalue weighted by Gasteiger charge is 2.33. The zero-order valence-corrected chi connectivity index (χ0v) is 10.8. The summed E-state index contributed by atoms with van der Waals surface area (Å²) in [5.41, 5.74) is 4.72. The van der Waals surface area contributed by atoms with E-state index in [1.54, 1.807) is 0 Å². The van der Waals surface area contributed by atoms with Crippen molar-refractivity contribution in [2.45, 2.75) is 18.1 Å². The minimum atomic E-state index is -4.43. The predicted molar refractivity (Wildman–Crippen MR) is 64.0 cm³/mol. The molecule has 0 spiro atoms. The maximum absolute atomic E-state index is 12.7. The van der Waals surface area contributed by atoms with Gasteiger partial charge < -0.3 is 5.73 Å². The first-order chi connectivity index (χ1) is 8.84. The van der Waals surface area contributed by atoms with E-state index in [0.29, 0.717) is 16.4 Å². The molecule has 0 fully saturated rings. The van der Waals surface area contributed by atoms with E-state index in [4.69, 9.17) is 5.73 Å². The molecule has 4 nitrogen and oxygen atoms in total. The van der Waals surface area contributed by atoms with Gasteiger partial charge in [-0.1, -0.05) is 18.7 Å². The number of primary amides is 1. The third-order valence-electron chi connectivity index (χ3n) is 2.51. The molecule has 0 bridgehead atoms. The summed E-state index contributed by atoms with van der Waals surface area (Å²) in [7, 11) is 0. The molecule has 2 aromatic rings. The van der Waals surface area contributed by atoms with E-state index in [1.807, 2.05) is 6.92 Å². The number of imidazole rings is 1. The monoisotopic (exact) mass is 290 g/mol. The van der Waals surface area contributed by atoms with Crippen LogP contribution in [-0.4, -0.2) is 16.4 Å². The van der Waals surface area contributed by atoms with Crippen LogP contribution in [0.25, 0.3) is 5.65 Å². The molecule has 0 atom stereocenters. The number of carbonyl (C=O) groups is 1. The number of hydrogen-bond donors (Lipinski definition) is 1. The smallest absolute Gasteiger partial charge is 0.331 e. The Hall–Kier alpha value is -1.70. The minimum Gasteiger partial charge on any atom is -0.331 e. The van der Waals surface area contributed by atoms with Crippen molar-refractivity contribution >= 4 is 23.4 Å². The van der Waals surface area contributed by atoms with Gasteiger partial charge in [0, 0.05) is 6.07 Å². The molecule has 2 rings (SSSR count). The van der Waals surface area contributed by atoms with Crippen molar-refractivity contribution in [2.24, 2.45) is 5.73 Å². The molecule has 2 N–H and O–H groups in total. The van der Waals surface area contributed by atoms with Crippen LogP contribution >= 0.6 is 11.8 Å². The lowest BCUT2D eigenvalue weighted by atomic mass is 10.3. The second-order valence-corrected chi connectivity index (χ2v) is 5.04. The van der Waals surface area contributed by atoms with Crippen molar-refractivity contribution in [3.63, 3.8) is 0 Å². The molecule has 0 aliphatic rings. The van der Waals surface area contributed by atoms with Gasteiger partial charge in [-0.15, -0.1) is 4.57 Å². The number of hydrogen-bond acceptors (Lipinski definition) is 2. The molecule has 0 aromatic carbocycles. The van der Waals surface area contributed by atoms with Gasteiger partial charge in [0.2, 0.25) is 5.03 Å². The van der Waals surface area contributed by atoms with Crippen molar-refractivity contribution in [1.82, 2.24) is 4.57 Å². The summed E-state index contributed by atoms with van der Waals surface area (Å²) >= 11 is 1.33. The summed E-state index contributed by atoms with van der Waals surface area (Å²) in [4.78, 5) is 11.3. The van der Waals surface area contributed by atoms with E-state index in [2.05, 4.69) is 0 Å². The lowest BCUT2D eigenvalue weighted by molar-refractivity contribution is -0.554. The molecule has 102 valence electrons. The molecule has 1 amide bonds. The highest BCUT2D eigenvalue weighted by molar-refractivity contribution is 7.99. The number of nitrogens with zero attached hydrogens (tertiary/aromatic N) is 2. The fraction of sp³-hybridized carbons (Fsp3) is 0.273. The van der Waals surface area contributed by atoms with Gasteiger partial charge in [-0.05, 0) is 11.8 Å². The Bertz CT molecular complexity index is 636. The molecule has 8 heteroatoms. The average Bonchev–Trinajstić information content (AvgIpc) is 2.67. The summed E-state index contributed by atoms with van der Waals surface area (Å²) in [6.07, 6.45) is -2.02. The van der Waals surface area contributed by atoms with Gasteiger partial charge in [-0.3, -0.25) is 0 Å². The van der Waals surface area contributed by atoms with E-state index in [-0.39, 0.29) is 0 Å². The number of aromatic nitrogens is 2. The molecule has 0 unspecified atom stereocenters. The van der Waals surface area contributed by atoms with Gasteiger partial charge in [0.25, 0.3) is 5.65 Å². The van der Waals surface area contributed by atoms with Crippen LogP contribution in [0.2, 0.25) is 0 Å². The van der Waals surface area contributed by atoms with Crippen LogP contribution in [0.4, 0.5) is 18.0 Å². The third-order valence-corrected chi connectivity index (χ3v) is 3.39. The van der Waals surface area contributed by atoms with E-state index >= 15 is 0 Å². The van der Waals surface area contributed by atoms with Crippen molar-refractivity contribution < 1.29 is 22.4 Å². The first-order valence-electron chi connectivity index (χ1n) is 5.41. The summed E-state index contributed by atoms with van der Waals surface area (Å²) in [5.74, 6) is 0.668. The van der Waals surface area contributed by atoms with Crippen LogP contribution in [0.3, 0.4) is 0 Å². The number of pyridine rings is 1. The first-order valence-corrected chi connectivity index (χ1v) is 6.39. The van der Waals surface area contributed by atoms with E-state index in [1.165, 1.54) is 28.4 Å². The number of halogens is 3. The fourth-order valence-corrected chi connectivity index (χ4v) is 2.46. The van der Waals surface area contributed by atoms with E-state index in [0.717, 1.165) is 16.8 Å². The van der Waals surface area contributed by atoms with Crippen LogP contribution in [0, 0.1) is 0 Å². The third kappa shape index (κ3) is 2.53. The molecule has 19 heavy (non-hydrogen) atoms. The number of amides is 1. The molecule has 0 aliphatic heterocycles. The lowest BCUT2D eigenvalue weighted by Crippen LogP contribution is -2.27. The largest absolute Gasteiger partial charge is 0.419 e. The van der Waals surface area contributed by atoms with Crippen molar-refractivity contribution in [3.8, 4) is 0 Å². The first kappa shape index (κ1) is 13.7. The number of carbonyl (C=O) groups excluding carboxylic acids is 1. The quantitative estimate of drug-likeness (QED) is 0.681. The van der Waals surface area contributed by atoms with Crippen LogP contribution in [0.15, 0.2) is 29.6 Å². The number of rotatable bonds is 2. The predicted octanol–water partition coefficient (Wildman–Crippen LogP) is 2.28. The average molecular weight is 290 g/mol. The fourth-order valence-electron chi connectivity index (χ4n) is 1.70. The van der Waals surface area contributed by atoms with Gasteiger partial charge in [0.15, 0.2) is 6.20 Å². The lowest BCUT2D eigenvalue weighted by Gasteiger charge is -2.04. The van der Waals surface area contributed by atoms with Crippen molar-refractivity contribution in [2.75, 3.05) is 5.75 Å². The summed E-state index contributed by atoms with van der Waals surface area (Å²) in [5, 5.41) is 0.530. The van der Waals surface area contributed by atoms with Crippen molar-refractivity contribution in [3.05, 3.63) is 30.1 Å². The number of alkyl halides is 3. The van der Waals surface area contributed by atoms with Crippen LogP contribution in [-0.2, 0) is 6.18 Å². The van der Waals surface area contributed by atoms with Crippen LogP contribution in [0.5, 0.6) is 0 Å². The maximum atomic E-state index is 12.7. The minimum absolute atomic E-state index is 0.302. The van der Waals surface area contributed by atoms with Crippen LogP contribution in [0.1, 0.15) is 12.5 Å². The van der Waals surface area contributed by atoms with E-state index < -0.39 is 17.8 Å². The Morgan fingerprint density at radius 3 is 2.68 bits per heavy atom. The Kier molecular flexibility index (Phi) is 3.44. The maximum Gasteiger partial charge on any atom is 0.419 e. The highest BCUT2D eigenvalue weighted by Crippen LogP contribution is 2.29. The number of nitrogens with two attached hydrogens (primary N) is 1. The van der Waals surface area contributed by atoms with E-state index in [9.17, 15) is 18.0 Å². The zero-order chi connectivity index (χ0) is 14.2. The Morgan fingerprint density at radius 1 is 1.47 bits per heavy atom. The molecule has 2 aromatic heterocycles. The highest BCUT2D eigenvalue weighted by atomic mass is 32.2. The van der Waals surface area contributed by atoms with Gasteiger partial charge in [0.05, 0.1) is 5.56 Å². The molecule has 0 aliphatic carbocycles. The standard InChI is InChI=1S/C11H10F3N3OS/c1-2-19-9-6-17(10(15)18)8-4-3-7(5-16(8)9)11(12,13)14/h3-6H,2H2,1H3,(H-,15,18)/p+1. The Morgan fingerprint density at radius 2 is 2.16 bits per heavy atom. The normalized spacial score (nSPS) is 12.0. The molecular weight excluding hydrogens is 279 g/mol. The number of fused-ring (bicyclic) bond motifs is 1. The SMILES string of the molecule is CCSc1cn(C(N)=O)c2ccc(C(F)(F)F)c[n+]12. The topological polar surface area (TPSA) is 52.1 Å². The molecule has 0 radical (unpaired) electrons. The van der Waals surface area contributed by atoms with Gasteiger partial charge in [0.1, 0.15) is 6.20 Å². The summed E-state index contributed by atoms with van der Waals surface area (Å²) in [6.45, 7) is 1.87. The van der Waals surface area contributed by atoms with Crippen LogP contribution < -0.4 is 10.1 Å². The van der Waals surface area contributed by atoms with Gasteiger partial charge in [-0.2, -0.15) is 17.6 Å². The van der Waals surface area contributed by atoms with Gasteiger partial charge in [-0.25, -0.2) is 4.79 Å². The Labute approximate surface area is 111 Å². The second kappa shape index (κ2) is 4.76. The summed E-state index contributed by atoms with van der Waals surface area (Å²) < 4.78 is 40.5. The number of thioether (sulfide) groups is 1. The Balaban J connectivity index is 2.69. The zero-order valence-electron chi connectivity index (χ0n) is 9.94. The molecule has 2 heterocycles. The second-order valence-electron chi connectivity index (χ2n) is 3.75. The van der Waals surface area contributed by atoms with Gasteiger partial charge >= 0.3 is 12.2 Å². The molecule has 0 saturated heterocycles. The molecular formula is C11H11F3N3OS+. The summed E-state index contributed by atoms with van der Waals surface area (Å²) in [6, 6.07) is 1.42. The molecule has 0 saturated carbocycles. The van der Waals surface area contributed by atoms with Crippen molar-refractivity contribution in [1.29, 1.82) is 0 Å².